The van der Waals surface area contributed by atoms with E-state index in [0.29, 0.717) is 12.3 Å². The molecule has 3 aliphatic rings. The molecule has 0 N–H and O–H groups in total. The van der Waals surface area contributed by atoms with Crippen LogP contribution in [0.25, 0.3) is 0 Å². The summed E-state index contributed by atoms with van der Waals surface area (Å²) < 4.78 is 0. The molecule has 0 aromatic heterocycles. The van der Waals surface area contributed by atoms with E-state index < -0.39 is 0 Å². The summed E-state index contributed by atoms with van der Waals surface area (Å²) in [6, 6.07) is 0. The molecule has 3 heteroatoms. The van der Waals surface area contributed by atoms with Gasteiger partial charge in [0.25, 0.3) is 0 Å². The van der Waals surface area contributed by atoms with Crippen LogP contribution in [-0.4, -0.2) is 23.7 Å². The number of fused-ring (bicyclic) bond motifs is 2. The van der Waals surface area contributed by atoms with Gasteiger partial charge >= 0.3 is 0 Å². The van der Waals surface area contributed by atoms with Gasteiger partial charge in [0.1, 0.15) is 0 Å². The Morgan fingerprint density at radius 2 is 2.21 bits per heavy atom. The van der Waals surface area contributed by atoms with Crippen molar-refractivity contribution < 1.29 is 4.79 Å². The van der Waals surface area contributed by atoms with E-state index >= 15 is 0 Å². The summed E-state index contributed by atoms with van der Waals surface area (Å²) in [7, 11) is 1.77. The highest BCUT2D eigenvalue weighted by Gasteiger charge is 2.43. The van der Waals surface area contributed by atoms with E-state index in [9.17, 15) is 4.79 Å². The number of amides is 1. The van der Waals surface area contributed by atoms with Gasteiger partial charge in [0.2, 0.25) is 5.91 Å². The van der Waals surface area contributed by atoms with Crippen molar-refractivity contribution in [1.29, 1.82) is 0 Å². The standard InChI is InChI=1S/C11H16N2O/c1-13-11(14)6-10(12-13)9-5-7-2-3-8(9)4-7/h7-9H,2-6H2,1H3. The minimum atomic E-state index is 0.169. The molecule has 0 aromatic rings. The van der Waals surface area contributed by atoms with Crippen LogP contribution >= 0.6 is 0 Å². The Labute approximate surface area is 84.2 Å². The van der Waals surface area contributed by atoms with E-state index in [1.807, 2.05) is 0 Å². The summed E-state index contributed by atoms with van der Waals surface area (Å²) >= 11 is 0. The highest BCUT2D eigenvalue weighted by molar-refractivity contribution is 6.06. The number of carbonyl (C=O) groups excluding carboxylic acids is 1. The number of hydrogen-bond acceptors (Lipinski definition) is 2. The van der Waals surface area contributed by atoms with Gasteiger partial charge in [0, 0.05) is 13.0 Å². The van der Waals surface area contributed by atoms with Crippen LogP contribution in [0.4, 0.5) is 0 Å². The van der Waals surface area contributed by atoms with Crippen molar-refractivity contribution >= 4 is 11.6 Å². The second kappa shape index (κ2) is 2.81. The molecule has 2 saturated carbocycles. The van der Waals surface area contributed by atoms with Crippen molar-refractivity contribution in [2.75, 3.05) is 7.05 Å². The Morgan fingerprint density at radius 1 is 1.36 bits per heavy atom. The summed E-state index contributed by atoms with van der Waals surface area (Å²) in [5.41, 5.74) is 1.17. The second-order valence-electron chi connectivity index (χ2n) is 4.97. The summed E-state index contributed by atoms with van der Waals surface area (Å²) in [6.07, 6.45) is 6.06. The molecule has 2 bridgehead atoms. The fourth-order valence-electron chi connectivity index (χ4n) is 3.41. The predicted octanol–water partition coefficient (Wildman–Crippen LogP) is 1.64. The second-order valence-corrected chi connectivity index (χ2v) is 4.97. The fraction of sp³-hybridized carbons (Fsp3) is 0.818. The molecule has 2 aliphatic carbocycles. The maximum Gasteiger partial charge on any atom is 0.248 e. The van der Waals surface area contributed by atoms with Gasteiger partial charge in [-0.2, -0.15) is 5.10 Å². The van der Waals surface area contributed by atoms with Crippen LogP contribution in [0.3, 0.4) is 0 Å². The minimum Gasteiger partial charge on any atom is -0.273 e. The van der Waals surface area contributed by atoms with E-state index in [2.05, 4.69) is 5.10 Å². The van der Waals surface area contributed by atoms with Crippen LogP contribution < -0.4 is 0 Å². The lowest BCUT2D eigenvalue weighted by Crippen LogP contribution is -2.20. The van der Waals surface area contributed by atoms with Crippen LogP contribution in [0.2, 0.25) is 0 Å². The van der Waals surface area contributed by atoms with Gasteiger partial charge in [0.15, 0.2) is 0 Å². The van der Waals surface area contributed by atoms with E-state index in [-0.39, 0.29) is 5.91 Å². The van der Waals surface area contributed by atoms with Gasteiger partial charge < -0.3 is 0 Å². The summed E-state index contributed by atoms with van der Waals surface area (Å²) in [5, 5.41) is 5.89. The lowest BCUT2D eigenvalue weighted by Gasteiger charge is -2.20. The molecule has 3 unspecified atom stereocenters. The zero-order valence-electron chi connectivity index (χ0n) is 8.57. The first-order valence-corrected chi connectivity index (χ1v) is 5.58. The van der Waals surface area contributed by atoms with E-state index in [1.165, 1.54) is 36.4 Å². The first kappa shape index (κ1) is 8.45. The summed E-state index contributed by atoms with van der Waals surface area (Å²) in [5.74, 6) is 2.59. The van der Waals surface area contributed by atoms with Crippen molar-refractivity contribution in [3.8, 4) is 0 Å². The van der Waals surface area contributed by atoms with Crippen molar-refractivity contribution in [2.24, 2.45) is 22.9 Å². The number of nitrogens with zero attached hydrogens (tertiary/aromatic N) is 2. The Morgan fingerprint density at radius 3 is 2.71 bits per heavy atom. The smallest absolute Gasteiger partial charge is 0.248 e. The van der Waals surface area contributed by atoms with Crippen molar-refractivity contribution in [1.82, 2.24) is 5.01 Å². The molecule has 3 rings (SSSR count). The quantitative estimate of drug-likeness (QED) is 0.621. The van der Waals surface area contributed by atoms with Gasteiger partial charge in [-0.3, -0.25) is 4.79 Å². The Kier molecular flexibility index (Phi) is 1.70. The van der Waals surface area contributed by atoms with E-state index in [1.54, 1.807) is 7.05 Å². The highest BCUT2D eigenvalue weighted by atomic mass is 16.2. The third-order valence-electron chi connectivity index (χ3n) is 4.14. The average Bonchev–Trinajstić information content (AvgIpc) is 2.82. The molecule has 1 amide bonds. The largest absolute Gasteiger partial charge is 0.273 e. The number of rotatable bonds is 1. The Balaban J connectivity index is 1.78. The molecular weight excluding hydrogens is 176 g/mol. The number of hydrogen-bond donors (Lipinski definition) is 0. The lowest BCUT2D eigenvalue weighted by molar-refractivity contribution is -0.127. The maximum atomic E-state index is 11.4. The highest BCUT2D eigenvalue weighted by Crippen LogP contribution is 2.49. The van der Waals surface area contributed by atoms with Crippen molar-refractivity contribution in [3.63, 3.8) is 0 Å². The normalized spacial score (nSPS) is 40.9. The van der Waals surface area contributed by atoms with Gasteiger partial charge in [-0.15, -0.1) is 0 Å². The molecule has 14 heavy (non-hydrogen) atoms. The van der Waals surface area contributed by atoms with Crippen LogP contribution in [0, 0.1) is 17.8 Å². The zero-order valence-corrected chi connectivity index (χ0v) is 8.57. The van der Waals surface area contributed by atoms with Gasteiger partial charge in [0.05, 0.1) is 12.1 Å². The molecule has 2 fully saturated rings. The Bertz CT molecular complexity index is 310. The first-order chi connectivity index (χ1) is 6.74. The fourth-order valence-corrected chi connectivity index (χ4v) is 3.41. The van der Waals surface area contributed by atoms with Crippen molar-refractivity contribution in [2.45, 2.75) is 32.1 Å². The molecule has 0 saturated heterocycles. The topological polar surface area (TPSA) is 32.7 Å². The molecule has 1 aliphatic heterocycles. The SMILES string of the molecule is CN1N=C(C2CC3CCC2C3)CC1=O. The van der Waals surface area contributed by atoms with E-state index in [4.69, 9.17) is 0 Å². The van der Waals surface area contributed by atoms with Gasteiger partial charge in [-0.1, -0.05) is 6.42 Å². The molecule has 3 atom stereocenters. The van der Waals surface area contributed by atoms with Crippen LogP contribution in [0.1, 0.15) is 32.1 Å². The molecular formula is C11H16N2O. The molecule has 76 valence electrons. The van der Waals surface area contributed by atoms with Crippen molar-refractivity contribution in [3.05, 3.63) is 0 Å². The van der Waals surface area contributed by atoms with Crippen LogP contribution in [0.5, 0.6) is 0 Å². The molecule has 0 aromatic carbocycles. The number of carbonyl (C=O) groups is 1. The van der Waals surface area contributed by atoms with Crippen LogP contribution in [-0.2, 0) is 4.79 Å². The first-order valence-electron chi connectivity index (χ1n) is 5.58. The van der Waals surface area contributed by atoms with Gasteiger partial charge in [-0.25, -0.2) is 5.01 Å². The monoisotopic (exact) mass is 192 g/mol. The predicted molar refractivity (Wildman–Crippen MR) is 53.8 cm³/mol. The zero-order chi connectivity index (χ0) is 9.71. The third kappa shape index (κ3) is 1.11. The maximum absolute atomic E-state index is 11.4. The van der Waals surface area contributed by atoms with E-state index in [0.717, 1.165) is 11.8 Å². The third-order valence-corrected chi connectivity index (χ3v) is 4.14. The average molecular weight is 192 g/mol. The number of hydrazone groups is 1. The Hall–Kier alpha value is -0.860. The van der Waals surface area contributed by atoms with Gasteiger partial charge in [-0.05, 0) is 31.1 Å². The minimum absolute atomic E-state index is 0.169. The molecule has 0 radical (unpaired) electrons. The molecule has 3 nitrogen and oxygen atoms in total. The molecule has 1 heterocycles. The summed E-state index contributed by atoms with van der Waals surface area (Å²) in [4.78, 5) is 11.4. The lowest BCUT2D eigenvalue weighted by atomic mass is 9.84. The van der Waals surface area contributed by atoms with Crippen LogP contribution in [0.15, 0.2) is 5.10 Å². The molecule has 0 spiro atoms. The summed E-state index contributed by atoms with van der Waals surface area (Å²) in [6.45, 7) is 0.